The zero-order valence-corrected chi connectivity index (χ0v) is 24.0. The zero-order valence-electron chi connectivity index (χ0n) is 24.0. The van der Waals surface area contributed by atoms with Gasteiger partial charge in [-0.1, -0.05) is 25.7 Å². The second-order valence-electron chi connectivity index (χ2n) is 10.8. The van der Waals surface area contributed by atoms with Crippen LogP contribution >= 0.6 is 0 Å². The lowest BCUT2D eigenvalue weighted by molar-refractivity contribution is 0.415. The highest BCUT2D eigenvalue weighted by Gasteiger charge is 2.15. The summed E-state index contributed by atoms with van der Waals surface area (Å²) in [4.78, 5) is 9.19. The molecule has 40 heavy (non-hydrogen) atoms. The molecule has 0 atom stereocenters. The van der Waals surface area contributed by atoms with Gasteiger partial charge < -0.3 is 18.6 Å². The lowest BCUT2D eigenvalue weighted by atomic mass is 10.1. The monoisotopic (exact) mass is 534 g/mol. The van der Waals surface area contributed by atoms with Crippen molar-refractivity contribution < 1.29 is 9.47 Å². The second-order valence-corrected chi connectivity index (χ2v) is 10.8. The number of benzene rings is 2. The standard InChI is InChI=1S/C34H38N4O2/c1-23-33-29(15-17-35-23)27-13-11-25(39-3)21-31(27)37(33)19-9-7-5-6-8-10-20-38-32-22-26(40-4)12-14-28(32)30-16-18-36-24(2)34(30)38/h11-18,21-22H,5-10,19-20H2,1-4H3. The van der Waals surface area contributed by atoms with Crippen LogP contribution in [0.25, 0.3) is 43.6 Å². The Hall–Kier alpha value is -4.06. The first kappa shape index (κ1) is 26.2. The molecule has 0 aliphatic heterocycles. The van der Waals surface area contributed by atoms with E-state index >= 15 is 0 Å². The van der Waals surface area contributed by atoms with Crippen LogP contribution in [-0.2, 0) is 13.1 Å². The summed E-state index contributed by atoms with van der Waals surface area (Å²) in [7, 11) is 3.47. The van der Waals surface area contributed by atoms with Crippen molar-refractivity contribution in [2.24, 2.45) is 0 Å². The SMILES string of the molecule is COc1ccc2c3ccnc(C)c3n(CCCCCCCCn3c4cc(OC)ccc4c4ccnc(C)c43)c2c1. The predicted molar refractivity (Wildman–Crippen MR) is 165 cm³/mol. The van der Waals surface area contributed by atoms with Gasteiger partial charge in [-0.15, -0.1) is 0 Å². The summed E-state index contributed by atoms with van der Waals surface area (Å²) in [5.74, 6) is 1.80. The lowest BCUT2D eigenvalue weighted by Crippen LogP contribution is -2.01. The van der Waals surface area contributed by atoms with Gasteiger partial charge in [-0.25, -0.2) is 0 Å². The van der Waals surface area contributed by atoms with Crippen LogP contribution < -0.4 is 9.47 Å². The Morgan fingerprint density at radius 2 is 0.975 bits per heavy atom. The number of rotatable bonds is 11. The molecule has 2 aromatic carbocycles. The predicted octanol–water partition coefficient (Wildman–Crippen LogP) is 8.37. The number of aryl methyl sites for hydroxylation is 4. The molecule has 0 bridgehead atoms. The number of aromatic nitrogens is 4. The van der Waals surface area contributed by atoms with Crippen LogP contribution in [0.1, 0.15) is 49.9 Å². The lowest BCUT2D eigenvalue weighted by Gasteiger charge is -2.10. The van der Waals surface area contributed by atoms with Gasteiger partial charge in [-0.3, -0.25) is 9.97 Å². The van der Waals surface area contributed by atoms with Gasteiger partial charge in [-0.2, -0.15) is 0 Å². The van der Waals surface area contributed by atoms with Crippen LogP contribution in [0.5, 0.6) is 11.5 Å². The molecule has 0 amide bonds. The molecule has 0 aliphatic rings. The number of methoxy groups -OCH3 is 2. The van der Waals surface area contributed by atoms with Gasteiger partial charge in [0.25, 0.3) is 0 Å². The van der Waals surface area contributed by atoms with Crippen molar-refractivity contribution in [1.82, 2.24) is 19.1 Å². The van der Waals surface area contributed by atoms with Crippen molar-refractivity contribution in [1.29, 1.82) is 0 Å². The molecule has 6 heteroatoms. The molecule has 6 rings (SSSR count). The van der Waals surface area contributed by atoms with Gasteiger partial charge in [0.2, 0.25) is 0 Å². The van der Waals surface area contributed by atoms with Gasteiger partial charge in [0.05, 0.1) is 47.7 Å². The third-order valence-corrected chi connectivity index (χ3v) is 8.34. The van der Waals surface area contributed by atoms with E-state index in [0.717, 1.165) is 48.8 Å². The van der Waals surface area contributed by atoms with E-state index in [0.29, 0.717) is 0 Å². The van der Waals surface area contributed by atoms with Crippen molar-refractivity contribution in [3.8, 4) is 11.5 Å². The number of hydrogen-bond donors (Lipinski definition) is 0. The molecule has 4 aromatic heterocycles. The molecular weight excluding hydrogens is 496 g/mol. The van der Waals surface area contributed by atoms with Gasteiger partial charge in [0.1, 0.15) is 11.5 Å². The average Bonchev–Trinajstić information content (AvgIpc) is 3.47. The molecule has 0 saturated carbocycles. The van der Waals surface area contributed by atoms with Crippen LogP contribution in [0.2, 0.25) is 0 Å². The number of hydrogen-bond acceptors (Lipinski definition) is 4. The number of nitrogens with zero attached hydrogens (tertiary/aromatic N) is 4. The minimum atomic E-state index is 0.898. The number of fused-ring (bicyclic) bond motifs is 6. The first-order valence-electron chi connectivity index (χ1n) is 14.4. The van der Waals surface area contributed by atoms with Crippen molar-refractivity contribution in [3.05, 3.63) is 72.3 Å². The summed E-state index contributed by atoms with van der Waals surface area (Å²) in [6.45, 7) is 6.21. The number of ether oxygens (including phenoxy) is 2. The third kappa shape index (κ3) is 4.66. The largest absolute Gasteiger partial charge is 0.497 e. The first-order valence-corrected chi connectivity index (χ1v) is 14.4. The van der Waals surface area contributed by atoms with Crippen LogP contribution in [0.4, 0.5) is 0 Å². The maximum atomic E-state index is 5.54. The molecule has 0 radical (unpaired) electrons. The number of unbranched alkanes of at least 4 members (excludes halogenated alkanes) is 5. The average molecular weight is 535 g/mol. The Labute approximate surface area is 235 Å². The van der Waals surface area contributed by atoms with Crippen molar-refractivity contribution >= 4 is 43.6 Å². The van der Waals surface area contributed by atoms with Crippen molar-refractivity contribution in [3.63, 3.8) is 0 Å². The highest BCUT2D eigenvalue weighted by atomic mass is 16.5. The Balaban J connectivity index is 1.08. The van der Waals surface area contributed by atoms with Gasteiger partial charge in [0, 0.05) is 59.2 Å². The maximum Gasteiger partial charge on any atom is 0.120 e. The van der Waals surface area contributed by atoms with E-state index in [1.807, 2.05) is 12.4 Å². The molecule has 0 aliphatic carbocycles. The van der Waals surface area contributed by atoms with Crippen molar-refractivity contribution in [2.75, 3.05) is 14.2 Å². The summed E-state index contributed by atoms with van der Waals surface area (Å²) in [6, 6.07) is 17.1. The normalized spacial score (nSPS) is 11.8. The molecular formula is C34H38N4O2. The highest BCUT2D eigenvalue weighted by molar-refractivity contribution is 6.09. The molecule has 6 aromatic rings. The fourth-order valence-corrected chi connectivity index (χ4v) is 6.36. The molecule has 4 heterocycles. The summed E-state index contributed by atoms with van der Waals surface area (Å²) in [5.41, 5.74) is 7.13. The van der Waals surface area contributed by atoms with Crippen LogP contribution in [0.15, 0.2) is 60.9 Å². The Kier molecular flexibility index (Phi) is 7.33. The molecule has 0 spiro atoms. The van der Waals surface area contributed by atoms with Crippen molar-refractivity contribution in [2.45, 2.75) is 65.5 Å². The molecule has 0 fully saturated rings. The summed E-state index contributed by atoms with van der Waals surface area (Å²) >= 11 is 0. The summed E-state index contributed by atoms with van der Waals surface area (Å²) in [6.07, 6.45) is 11.1. The fraction of sp³-hybridized carbons (Fsp3) is 0.353. The quantitative estimate of drug-likeness (QED) is 0.157. The smallest absolute Gasteiger partial charge is 0.120 e. The van der Waals surface area contributed by atoms with Gasteiger partial charge >= 0.3 is 0 Å². The highest BCUT2D eigenvalue weighted by Crippen LogP contribution is 2.34. The van der Waals surface area contributed by atoms with Gasteiger partial charge in [-0.05, 0) is 63.1 Å². The molecule has 6 nitrogen and oxygen atoms in total. The molecule has 206 valence electrons. The van der Waals surface area contributed by atoms with Crippen LogP contribution in [0, 0.1) is 13.8 Å². The fourth-order valence-electron chi connectivity index (χ4n) is 6.36. The molecule has 0 N–H and O–H groups in total. The van der Waals surface area contributed by atoms with E-state index in [2.05, 4.69) is 81.5 Å². The van der Waals surface area contributed by atoms with E-state index in [4.69, 9.17) is 9.47 Å². The van der Waals surface area contributed by atoms with E-state index in [1.165, 1.54) is 69.3 Å². The first-order chi connectivity index (χ1) is 19.6. The van der Waals surface area contributed by atoms with Crippen LogP contribution in [0.3, 0.4) is 0 Å². The zero-order chi connectivity index (χ0) is 27.6. The third-order valence-electron chi connectivity index (χ3n) is 8.34. The topological polar surface area (TPSA) is 54.1 Å². The number of pyridine rings is 2. The van der Waals surface area contributed by atoms with E-state index in [-0.39, 0.29) is 0 Å². The van der Waals surface area contributed by atoms with Crippen LogP contribution in [-0.4, -0.2) is 33.3 Å². The minimum absolute atomic E-state index is 0.898. The maximum absolute atomic E-state index is 5.54. The Morgan fingerprint density at radius 1 is 0.550 bits per heavy atom. The summed E-state index contributed by atoms with van der Waals surface area (Å²) in [5, 5.41) is 5.10. The molecule has 0 saturated heterocycles. The minimum Gasteiger partial charge on any atom is -0.497 e. The molecule has 0 unspecified atom stereocenters. The van der Waals surface area contributed by atoms with E-state index in [1.54, 1.807) is 14.2 Å². The summed E-state index contributed by atoms with van der Waals surface area (Å²) < 4.78 is 16.0. The van der Waals surface area contributed by atoms with Gasteiger partial charge in [0.15, 0.2) is 0 Å². The second kappa shape index (κ2) is 11.2. The van der Waals surface area contributed by atoms with E-state index in [9.17, 15) is 0 Å². The Morgan fingerprint density at radius 3 is 1.40 bits per heavy atom. The van der Waals surface area contributed by atoms with E-state index < -0.39 is 0 Å². The Bertz CT molecular complexity index is 1680.